The fraction of sp³-hybridized carbons (Fsp3) is 0.286. The topological polar surface area (TPSA) is 107 Å². The molecule has 0 radical (unpaired) electrons. The number of imide groups is 1. The number of nitrogens with one attached hydrogen (secondary N) is 3. The Labute approximate surface area is 167 Å². The van der Waals surface area contributed by atoms with E-state index in [0.717, 1.165) is 22.2 Å². The van der Waals surface area contributed by atoms with E-state index in [4.69, 9.17) is 4.42 Å². The van der Waals surface area contributed by atoms with Gasteiger partial charge in [-0.05, 0) is 30.2 Å². The van der Waals surface area contributed by atoms with Crippen LogP contribution in [0.25, 0.3) is 10.9 Å². The summed E-state index contributed by atoms with van der Waals surface area (Å²) in [6.07, 6.45) is 4.51. The SMILES string of the molecule is O=C(CC1NC(=O)N(CCc2c[nH]c3ccccc23)C1=O)NCCc1ccco1. The third-order valence-electron chi connectivity index (χ3n) is 5.05. The third kappa shape index (κ3) is 4.16. The van der Waals surface area contributed by atoms with Crippen LogP contribution in [0.15, 0.2) is 53.3 Å². The highest BCUT2D eigenvalue weighted by molar-refractivity contribution is 6.05. The number of amides is 4. The van der Waals surface area contributed by atoms with E-state index in [-0.39, 0.29) is 24.8 Å². The smallest absolute Gasteiger partial charge is 0.324 e. The van der Waals surface area contributed by atoms with Crippen LogP contribution in [-0.2, 0) is 22.4 Å². The molecule has 8 nitrogen and oxygen atoms in total. The Hall–Kier alpha value is -3.55. The third-order valence-corrected chi connectivity index (χ3v) is 5.05. The predicted molar refractivity (Wildman–Crippen MR) is 106 cm³/mol. The van der Waals surface area contributed by atoms with Crippen molar-refractivity contribution >= 4 is 28.7 Å². The first-order valence-electron chi connectivity index (χ1n) is 9.58. The van der Waals surface area contributed by atoms with Crippen molar-refractivity contribution in [2.45, 2.75) is 25.3 Å². The van der Waals surface area contributed by atoms with Crippen LogP contribution in [0.4, 0.5) is 4.79 Å². The van der Waals surface area contributed by atoms with Gasteiger partial charge in [-0.25, -0.2) is 4.79 Å². The molecule has 1 aliphatic rings. The summed E-state index contributed by atoms with van der Waals surface area (Å²) in [5.41, 5.74) is 2.06. The number of rotatable bonds is 8. The van der Waals surface area contributed by atoms with E-state index < -0.39 is 12.1 Å². The van der Waals surface area contributed by atoms with Crippen LogP contribution in [0.5, 0.6) is 0 Å². The van der Waals surface area contributed by atoms with Gasteiger partial charge in [0, 0.05) is 36.6 Å². The highest BCUT2D eigenvalue weighted by Crippen LogP contribution is 2.19. The summed E-state index contributed by atoms with van der Waals surface area (Å²) in [6.45, 7) is 0.675. The number of fused-ring (bicyclic) bond motifs is 1. The largest absolute Gasteiger partial charge is 0.469 e. The number of nitrogens with zero attached hydrogens (tertiary/aromatic N) is 1. The van der Waals surface area contributed by atoms with Gasteiger partial charge in [0.25, 0.3) is 5.91 Å². The molecular formula is C21H22N4O4. The van der Waals surface area contributed by atoms with E-state index in [1.165, 1.54) is 4.90 Å². The Morgan fingerprint density at radius 3 is 2.83 bits per heavy atom. The molecule has 3 N–H and O–H groups in total. The molecular weight excluding hydrogens is 372 g/mol. The molecule has 0 bridgehead atoms. The zero-order valence-electron chi connectivity index (χ0n) is 15.8. The van der Waals surface area contributed by atoms with E-state index in [9.17, 15) is 14.4 Å². The van der Waals surface area contributed by atoms with Crippen LogP contribution in [-0.4, -0.2) is 46.9 Å². The lowest BCUT2D eigenvalue weighted by atomic mass is 10.1. The van der Waals surface area contributed by atoms with Crippen LogP contribution in [0.1, 0.15) is 17.7 Å². The van der Waals surface area contributed by atoms with Gasteiger partial charge in [0.15, 0.2) is 0 Å². The second kappa shape index (κ2) is 8.22. The number of carbonyl (C=O) groups is 3. The van der Waals surface area contributed by atoms with Gasteiger partial charge in [0.2, 0.25) is 5.91 Å². The summed E-state index contributed by atoms with van der Waals surface area (Å²) < 4.78 is 5.21. The van der Waals surface area contributed by atoms with Crippen LogP contribution in [0.3, 0.4) is 0 Å². The molecule has 1 atom stereocenters. The van der Waals surface area contributed by atoms with Gasteiger partial charge in [0.1, 0.15) is 11.8 Å². The first kappa shape index (κ1) is 18.8. The van der Waals surface area contributed by atoms with Crippen LogP contribution in [0.2, 0.25) is 0 Å². The standard InChI is InChI=1S/C21H22N4O4/c26-19(22-9-7-15-4-3-11-29-15)12-18-20(27)25(21(28)24-18)10-8-14-13-23-17-6-2-1-5-16(14)17/h1-6,11,13,18,23H,7-10,12H2,(H,22,26)(H,24,28). The minimum atomic E-state index is -0.825. The summed E-state index contributed by atoms with van der Waals surface area (Å²) in [4.78, 5) is 41.3. The number of hydrogen-bond donors (Lipinski definition) is 3. The molecule has 0 spiro atoms. The average Bonchev–Trinajstić information content (AvgIpc) is 3.42. The maximum Gasteiger partial charge on any atom is 0.324 e. The van der Waals surface area contributed by atoms with E-state index in [2.05, 4.69) is 15.6 Å². The summed E-state index contributed by atoms with van der Waals surface area (Å²) >= 11 is 0. The molecule has 1 unspecified atom stereocenters. The van der Waals surface area contributed by atoms with Gasteiger partial charge in [-0.1, -0.05) is 18.2 Å². The highest BCUT2D eigenvalue weighted by Gasteiger charge is 2.38. The lowest BCUT2D eigenvalue weighted by Gasteiger charge is -2.12. The van der Waals surface area contributed by atoms with Gasteiger partial charge in [-0.2, -0.15) is 0 Å². The normalized spacial score (nSPS) is 16.4. The molecule has 2 aromatic heterocycles. The molecule has 3 heterocycles. The summed E-state index contributed by atoms with van der Waals surface area (Å²) in [7, 11) is 0. The Morgan fingerprint density at radius 1 is 1.14 bits per heavy atom. The molecule has 150 valence electrons. The molecule has 1 aromatic carbocycles. The number of para-hydroxylation sites is 1. The summed E-state index contributed by atoms with van der Waals surface area (Å²) in [5, 5.41) is 6.43. The fourth-order valence-electron chi connectivity index (χ4n) is 3.54. The molecule has 0 aliphatic carbocycles. The van der Waals surface area contributed by atoms with E-state index in [0.29, 0.717) is 19.4 Å². The molecule has 4 rings (SSSR count). The van der Waals surface area contributed by atoms with Gasteiger partial charge in [0.05, 0.1) is 12.7 Å². The predicted octanol–water partition coefficient (Wildman–Crippen LogP) is 1.97. The van der Waals surface area contributed by atoms with Crippen molar-refractivity contribution in [2.24, 2.45) is 0 Å². The van der Waals surface area contributed by atoms with Crippen molar-refractivity contribution in [3.05, 3.63) is 60.2 Å². The van der Waals surface area contributed by atoms with Crippen molar-refractivity contribution in [1.29, 1.82) is 0 Å². The van der Waals surface area contributed by atoms with Crippen molar-refractivity contribution in [1.82, 2.24) is 20.5 Å². The Balaban J connectivity index is 1.28. The zero-order chi connectivity index (χ0) is 20.2. The second-order valence-electron chi connectivity index (χ2n) is 6.98. The quantitative estimate of drug-likeness (QED) is 0.508. The van der Waals surface area contributed by atoms with E-state index in [1.807, 2.05) is 36.5 Å². The molecule has 1 fully saturated rings. The summed E-state index contributed by atoms with van der Waals surface area (Å²) in [6, 6.07) is 10.2. The number of H-pyrrole nitrogens is 1. The van der Waals surface area contributed by atoms with Crippen molar-refractivity contribution in [2.75, 3.05) is 13.1 Å². The molecule has 3 aromatic rings. The number of urea groups is 1. The van der Waals surface area contributed by atoms with Crippen LogP contribution in [0, 0.1) is 0 Å². The molecule has 4 amide bonds. The highest BCUT2D eigenvalue weighted by atomic mass is 16.3. The van der Waals surface area contributed by atoms with Gasteiger partial charge < -0.3 is 20.0 Å². The molecule has 29 heavy (non-hydrogen) atoms. The number of hydrogen-bond acceptors (Lipinski definition) is 4. The van der Waals surface area contributed by atoms with Crippen molar-refractivity contribution in [3.63, 3.8) is 0 Å². The molecule has 1 saturated heterocycles. The second-order valence-corrected chi connectivity index (χ2v) is 6.98. The Bertz CT molecular complexity index is 1020. The molecule has 1 aliphatic heterocycles. The first-order valence-corrected chi connectivity index (χ1v) is 9.58. The minimum Gasteiger partial charge on any atom is -0.469 e. The first-order chi connectivity index (χ1) is 14.1. The van der Waals surface area contributed by atoms with Gasteiger partial charge >= 0.3 is 6.03 Å². The Morgan fingerprint density at radius 2 is 2.00 bits per heavy atom. The number of aromatic amines is 1. The maximum atomic E-state index is 12.6. The summed E-state index contributed by atoms with van der Waals surface area (Å²) in [5.74, 6) is 0.128. The number of furan rings is 1. The lowest BCUT2D eigenvalue weighted by molar-refractivity contribution is -0.130. The lowest BCUT2D eigenvalue weighted by Crippen LogP contribution is -2.37. The number of carbonyl (C=O) groups excluding carboxylic acids is 3. The minimum absolute atomic E-state index is 0.0771. The van der Waals surface area contributed by atoms with Gasteiger partial charge in [-0.15, -0.1) is 0 Å². The average molecular weight is 394 g/mol. The van der Waals surface area contributed by atoms with Gasteiger partial charge in [-0.3, -0.25) is 14.5 Å². The molecule has 8 heteroatoms. The molecule has 0 saturated carbocycles. The van der Waals surface area contributed by atoms with Crippen LogP contribution >= 0.6 is 0 Å². The van der Waals surface area contributed by atoms with E-state index >= 15 is 0 Å². The zero-order valence-corrected chi connectivity index (χ0v) is 15.8. The maximum absolute atomic E-state index is 12.6. The van der Waals surface area contributed by atoms with Crippen LogP contribution < -0.4 is 10.6 Å². The number of benzene rings is 1. The van der Waals surface area contributed by atoms with Crippen molar-refractivity contribution in [3.8, 4) is 0 Å². The monoisotopic (exact) mass is 394 g/mol. The van der Waals surface area contributed by atoms with E-state index in [1.54, 1.807) is 12.3 Å². The fourth-order valence-corrected chi connectivity index (χ4v) is 3.54. The number of aromatic nitrogens is 1. The Kier molecular flexibility index (Phi) is 5.33. The van der Waals surface area contributed by atoms with Crippen molar-refractivity contribution < 1.29 is 18.8 Å².